The smallest absolute Gasteiger partial charge is 0.140 e. The predicted molar refractivity (Wildman–Crippen MR) is 66.2 cm³/mol. The Hall–Kier alpha value is -0.880. The van der Waals surface area contributed by atoms with Crippen LogP contribution in [0.25, 0.3) is 0 Å². The van der Waals surface area contributed by atoms with Gasteiger partial charge in [-0.3, -0.25) is 4.79 Å². The number of carbonyl (C=O) groups excluding carboxylic acids is 1. The molecule has 3 nitrogen and oxygen atoms in total. The fraction of sp³-hybridized carbons (Fsp3) is 0.857. The lowest BCUT2D eigenvalue weighted by Crippen LogP contribution is -2.13. The number of hydrogen-bond donors (Lipinski definition) is 1. The molecule has 0 bridgehead atoms. The average molecular weight is 237 g/mol. The van der Waals surface area contributed by atoms with E-state index >= 15 is 0 Å². The summed E-state index contributed by atoms with van der Waals surface area (Å²) in [6.07, 6.45) is 7.02. The van der Waals surface area contributed by atoms with Crippen molar-refractivity contribution in [1.29, 1.82) is 5.26 Å². The molecule has 0 aromatic rings. The maximum absolute atomic E-state index is 11.9. The number of nitriles is 1. The van der Waals surface area contributed by atoms with Gasteiger partial charge < -0.3 is 5.11 Å². The van der Waals surface area contributed by atoms with Gasteiger partial charge >= 0.3 is 0 Å². The Kier molecular flexibility index (Phi) is 6.21. The molecule has 0 heterocycles. The quantitative estimate of drug-likeness (QED) is 0.692. The molecular formula is C14H23NO2. The first-order valence-electron chi connectivity index (χ1n) is 6.75. The highest BCUT2D eigenvalue weighted by molar-refractivity contribution is 5.86. The number of hydrogen-bond acceptors (Lipinski definition) is 3. The molecule has 96 valence electrons. The van der Waals surface area contributed by atoms with Crippen molar-refractivity contribution in [2.45, 2.75) is 51.9 Å². The first-order valence-corrected chi connectivity index (χ1v) is 6.75. The third kappa shape index (κ3) is 4.12. The van der Waals surface area contributed by atoms with Gasteiger partial charge in [0.05, 0.1) is 12.0 Å². The van der Waals surface area contributed by atoms with E-state index < -0.39 is 0 Å². The average Bonchev–Trinajstić information content (AvgIpc) is 2.61. The van der Waals surface area contributed by atoms with E-state index in [-0.39, 0.29) is 24.4 Å². The molecule has 0 saturated heterocycles. The van der Waals surface area contributed by atoms with Gasteiger partial charge in [-0.15, -0.1) is 0 Å². The maximum atomic E-state index is 11.9. The third-order valence-corrected chi connectivity index (χ3v) is 3.87. The van der Waals surface area contributed by atoms with Gasteiger partial charge in [0, 0.05) is 18.4 Å². The summed E-state index contributed by atoms with van der Waals surface area (Å²) in [5.41, 5.74) is 0. The van der Waals surface area contributed by atoms with E-state index in [1.165, 1.54) is 0 Å². The Bertz CT molecular complexity index is 282. The van der Waals surface area contributed by atoms with E-state index in [0.29, 0.717) is 5.78 Å². The number of ketones is 1. The van der Waals surface area contributed by atoms with Crippen LogP contribution in [0, 0.1) is 29.1 Å². The zero-order chi connectivity index (χ0) is 12.7. The molecule has 0 spiro atoms. The van der Waals surface area contributed by atoms with E-state index in [1.54, 1.807) is 0 Å². The topological polar surface area (TPSA) is 61.1 Å². The van der Waals surface area contributed by atoms with Crippen molar-refractivity contribution in [3.05, 3.63) is 0 Å². The summed E-state index contributed by atoms with van der Waals surface area (Å²) in [6.45, 7) is 2.17. The normalized spacial score (nSPS) is 28.3. The SMILES string of the molecule is CC1C(=O)C(CCCCCCCO)CC1C#N. The van der Waals surface area contributed by atoms with Crippen molar-refractivity contribution in [2.24, 2.45) is 17.8 Å². The molecule has 1 saturated carbocycles. The number of Topliss-reactive ketones (excluding diaryl/α,β-unsaturated/α-hetero) is 1. The van der Waals surface area contributed by atoms with Crippen LogP contribution in [0.2, 0.25) is 0 Å². The van der Waals surface area contributed by atoms with Gasteiger partial charge in [0.15, 0.2) is 0 Å². The first-order chi connectivity index (χ1) is 8.20. The van der Waals surface area contributed by atoms with Crippen LogP contribution in [0.4, 0.5) is 0 Å². The highest BCUT2D eigenvalue weighted by Crippen LogP contribution is 2.35. The molecule has 0 aromatic carbocycles. The number of nitrogens with zero attached hydrogens (tertiary/aromatic N) is 1. The molecule has 1 aliphatic rings. The molecule has 1 aliphatic carbocycles. The molecule has 0 amide bonds. The van der Waals surface area contributed by atoms with E-state index in [4.69, 9.17) is 10.4 Å². The second-order valence-corrected chi connectivity index (χ2v) is 5.14. The van der Waals surface area contributed by atoms with Gasteiger partial charge in [-0.05, 0) is 19.3 Å². The van der Waals surface area contributed by atoms with Gasteiger partial charge in [-0.25, -0.2) is 0 Å². The maximum Gasteiger partial charge on any atom is 0.140 e. The van der Waals surface area contributed by atoms with Crippen LogP contribution in [-0.2, 0) is 4.79 Å². The number of aliphatic hydroxyl groups excluding tert-OH is 1. The van der Waals surface area contributed by atoms with Gasteiger partial charge in [-0.2, -0.15) is 5.26 Å². The second kappa shape index (κ2) is 7.45. The van der Waals surface area contributed by atoms with E-state index in [9.17, 15) is 4.79 Å². The first kappa shape index (κ1) is 14.2. The molecule has 1 fully saturated rings. The molecule has 3 unspecified atom stereocenters. The fourth-order valence-corrected chi connectivity index (χ4v) is 2.65. The Morgan fingerprint density at radius 3 is 2.53 bits per heavy atom. The van der Waals surface area contributed by atoms with Crippen LogP contribution < -0.4 is 0 Å². The second-order valence-electron chi connectivity index (χ2n) is 5.14. The summed E-state index contributed by atoms with van der Waals surface area (Å²) >= 11 is 0. The Balaban J connectivity index is 2.16. The van der Waals surface area contributed by atoms with Gasteiger partial charge in [-0.1, -0.05) is 32.6 Å². The largest absolute Gasteiger partial charge is 0.396 e. The number of rotatable bonds is 7. The molecule has 0 radical (unpaired) electrons. The molecule has 3 heteroatoms. The molecule has 1 rings (SSSR count). The summed E-state index contributed by atoms with van der Waals surface area (Å²) in [4.78, 5) is 11.9. The standard InChI is InChI=1S/C14H23NO2/c1-11-13(10-15)9-12(14(11)17)7-5-3-2-4-6-8-16/h11-13,16H,2-9H2,1H3. The van der Waals surface area contributed by atoms with Crippen molar-refractivity contribution >= 4 is 5.78 Å². The van der Waals surface area contributed by atoms with Gasteiger partial charge in [0.1, 0.15) is 5.78 Å². The highest BCUT2D eigenvalue weighted by Gasteiger charge is 2.38. The molecule has 1 N–H and O–H groups in total. The zero-order valence-corrected chi connectivity index (χ0v) is 10.7. The Morgan fingerprint density at radius 1 is 1.29 bits per heavy atom. The van der Waals surface area contributed by atoms with Gasteiger partial charge in [0.25, 0.3) is 0 Å². The zero-order valence-electron chi connectivity index (χ0n) is 10.7. The van der Waals surface area contributed by atoms with E-state index in [2.05, 4.69) is 6.07 Å². The van der Waals surface area contributed by atoms with Crippen molar-refractivity contribution in [1.82, 2.24) is 0 Å². The van der Waals surface area contributed by atoms with Crippen molar-refractivity contribution in [3.8, 4) is 6.07 Å². The highest BCUT2D eigenvalue weighted by atomic mass is 16.2. The Morgan fingerprint density at radius 2 is 1.94 bits per heavy atom. The van der Waals surface area contributed by atoms with Crippen molar-refractivity contribution in [2.75, 3.05) is 6.61 Å². The van der Waals surface area contributed by atoms with Gasteiger partial charge in [0.2, 0.25) is 0 Å². The molecule has 3 atom stereocenters. The number of carbonyl (C=O) groups is 1. The van der Waals surface area contributed by atoms with Crippen molar-refractivity contribution < 1.29 is 9.90 Å². The summed E-state index contributed by atoms with van der Waals surface area (Å²) in [6, 6.07) is 2.24. The minimum atomic E-state index is -0.0561. The van der Waals surface area contributed by atoms with Crippen LogP contribution >= 0.6 is 0 Å². The van der Waals surface area contributed by atoms with Crippen molar-refractivity contribution in [3.63, 3.8) is 0 Å². The van der Waals surface area contributed by atoms with Crippen LogP contribution in [0.15, 0.2) is 0 Å². The third-order valence-electron chi connectivity index (χ3n) is 3.87. The lowest BCUT2D eigenvalue weighted by Gasteiger charge is -2.07. The number of unbranched alkanes of at least 4 members (excludes halogenated alkanes) is 4. The number of aliphatic hydroxyl groups is 1. The predicted octanol–water partition coefficient (Wildman–Crippen LogP) is 2.68. The van der Waals surface area contributed by atoms with E-state index in [0.717, 1.165) is 44.9 Å². The van der Waals surface area contributed by atoms with Crippen LogP contribution in [0.3, 0.4) is 0 Å². The van der Waals surface area contributed by atoms with Crippen LogP contribution in [0.5, 0.6) is 0 Å². The summed E-state index contributed by atoms with van der Waals surface area (Å²) < 4.78 is 0. The lowest BCUT2D eigenvalue weighted by atomic mass is 9.97. The van der Waals surface area contributed by atoms with E-state index in [1.807, 2.05) is 6.92 Å². The monoisotopic (exact) mass is 237 g/mol. The fourth-order valence-electron chi connectivity index (χ4n) is 2.65. The minimum absolute atomic E-state index is 0.0538. The summed E-state index contributed by atoms with van der Waals surface area (Å²) in [5.74, 6) is 0.320. The molecule has 17 heavy (non-hydrogen) atoms. The van der Waals surface area contributed by atoms with Crippen LogP contribution in [-0.4, -0.2) is 17.5 Å². The molecule has 0 aromatic heterocycles. The summed E-state index contributed by atoms with van der Waals surface area (Å²) in [5, 5.41) is 17.6. The summed E-state index contributed by atoms with van der Waals surface area (Å²) in [7, 11) is 0. The Labute approximate surface area is 104 Å². The molecular weight excluding hydrogens is 214 g/mol. The molecule has 0 aliphatic heterocycles. The minimum Gasteiger partial charge on any atom is -0.396 e. The lowest BCUT2D eigenvalue weighted by molar-refractivity contribution is -0.123. The van der Waals surface area contributed by atoms with Crippen LogP contribution in [0.1, 0.15) is 51.9 Å².